The van der Waals surface area contributed by atoms with E-state index in [4.69, 9.17) is 14.2 Å². The Kier molecular flexibility index (Phi) is 4.31. The van der Waals surface area contributed by atoms with Gasteiger partial charge in [-0.2, -0.15) is 0 Å². The minimum Gasteiger partial charge on any atom is -0.462 e. The van der Waals surface area contributed by atoms with Gasteiger partial charge >= 0.3 is 5.97 Å². The highest BCUT2D eigenvalue weighted by Crippen LogP contribution is 2.73. The van der Waals surface area contributed by atoms with Crippen molar-refractivity contribution in [2.75, 3.05) is 20.3 Å². The normalized spacial score (nSPS) is 55.8. The molecule has 162 valence electrons. The zero-order valence-corrected chi connectivity index (χ0v) is 18.0. The topological polar surface area (TPSA) is 82.1 Å². The van der Waals surface area contributed by atoms with Gasteiger partial charge in [-0.25, -0.2) is 0 Å². The molecule has 4 aliphatic carbocycles. The van der Waals surface area contributed by atoms with Gasteiger partial charge in [0.05, 0.1) is 30.8 Å². The first-order chi connectivity index (χ1) is 13.7. The van der Waals surface area contributed by atoms with Crippen LogP contribution in [0.1, 0.15) is 52.9 Å². The molecule has 6 nitrogen and oxygen atoms in total. The first-order valence-corrected chi connectivity index (χ1v) is 11.2. The van der Waals surface area contributed by atoms with Crippen LogP contribution in [0.4, 0.5) is 0 Å². The van der Waals surface area contributed by atoms with Crippen molar-refractivity contribution < 1.29 is 28.9 Å². The maximum Gasteiger partial charge on any atom is 0.302 e. The van der Waals surface area contributed by atoms with Crippen LogP contribution in [0.3, 0.4) is 0 Å². The predicted octanol–water partition coefficient (Wildman–Crippen LogP) is 2.36. The molecule has 5 fully saturated rings. The Labute approximate surface area is 172 Å². The number of rotatable bonds is 2. The molecular weight excluding hydrogens is 372 g/mol. The Morgan fingerprint density at radius 1 is 1.24 bits per heavy atom. The van der Waals surface area contributed by atoms with E-state index < -0.39 is 11.5 Å². The number of carbonyl (C=O) groups excluding carboxylic acids is 2. The minimum atomic E-state index is -1.01. The monoisotopic (exact) mass is 406 g/mol. The number of carbonyl (C=O) groups is 2. The van der Waals surface area contributed by atoms with Crippen molar-refractivity contribution in [3.05, 3.63) is 0 Å². The number of aliphatic hydroxyl groups is 1. The van der Waals surface area contributed by atoms with Gasteiger partial charge in [0.2, 0.25) is 0 Å². The summed E-state index contributed by atoms with van der Waals surface area (Å²) in [6.07, 6.45) is 2.96. The highest BCUT2D eigenvalue weighted by Gasteiger charge is 2.79. The molecule has 1 heterocycles. The number of aliphatic hydroxyl groups excluding tert-OH is 1. The van der Waals surface area contributed by atoms with Crippen LogP contribution in [0.2, 0.25) is 0 Å². The fourth-order valence-corrected chi connectivity index (χ4v) is 8.83. The van der Waals surface area contributed by atoms with Crippen molar-refractivity contribution in [1.29, 1.82) is 0 Å². The van der Waals surface area contributed by atoms with Gasteiger partial charge in [0.25, 0.3) is 0 Å². The van der Waals surface area contributed by atoms with Gasteiger partial charge in [0.15, 0.2) is 0 Å². The maximum atomic E-state index is 13.8. The van der Waals surface area contributed by atoms with E-state index in [0.717, 1.165) is 32.3 Å². The van der Waals surface area contributed by atoms with Crippen LogP contribution in [0, 0.1) is 39.9 Å². The molecule has 0 aromatic rings. The van der Waals surface area contributed by atoms with E-state index in [1.807, 2.05) is 6.92 Å². The molecular formula is C23H34O6. The summed E-state index contributed by atoms with van der Waals surface area (Å²) in [6.45, 7) is 6.98. The Hall–Kier alpha value is -0.980. The molecule has 4 saturated carbocycles. The molecule has 29 heavy (non-hydrogen) atoms. The number of ether oxygens (including phenoxy) is 3. The zero-order chi connectivity index (χ0) is 20.8. The van der Waals surface area contributed by atoms with Crippen molar-refractivity contribution in [2.24, 2.45) is 39.9 Å². The van der Waals surface area contributed by atoms with Gasteiger partial charge < -0.3 is 19.3 Å². The van der Waals surface area contributed by atoms with E-state index in [9.17, 15) is 14.7 Å². The largest absolute Gasteiger partial charge is 0.462 e. The third-order valence-electron chi connectivity index (χ3n) is 9.70. The summed E-state index contributed by atoms with van der Waals surface area (Å²) in [4.78, 5) is 25.9. The lowest BCUT2D eigenvalue weighted by Gasteiger charge is -2.69. The predicted molar refractivity (Wildman–Crippen MR) is 104 cm³/mol. The van der Waals surface area contributed by atoms with Crippen molar-refractivity contribution in [3.8, 4) is 0 Å². The van der Waals surface area contributed by atoms with E-state index in [1.165, 1.54) is 6.92 Å². The number of hydrogen-bond acceptors (Lipinski definition) is 6. The number of Topliss-reactive ketones (excluding diaryl/α,β-unsaturated/α-hetero) is 1. The second-order valence-corrected chi connectivity index (χ2v) is 10.8. The molecule has 5 rings (SSSR count). The lowest BCUT2D eigenvalue weighted by molar-refractivity contribution is -0.298. The lowest BCUT2D eigenvalue weighted by atomic mass is 9.38. The van der Waals surface area contributed by atoms with Gasteiger partial charge in [0, 0.05) is 31.3 Å². The molecule has 1 N–H and O–H groups in total. The molecule has 0 aromatic carbocycles. The highest BCUT2D eigenvalue weighted by atomic mass is 16.5. The molecule has 6 heteroatoms. The minimum absolute atomic E-state index is 0.0325. The summed E-state index contributed by atoms with van der Waals surface area (Å²) in [6, 6.07) is 0. The molecule has 2 unspecified atom stereocenters. The number of esters is 1. The standard InChI is InChI=1S/C23H34O6/c1-12-14-8-15(29-13(2)24)18-22-7-5-6-21(3,10-28-11-22)16(22)9-17(27-4)23(18,19(12)25)20(14)26/h12,14-18,20,26H,5-11H2,1-4H3/t12-,14+,15+,16-,17?,18+,20-,21+,22+,23?/m1/s1. The number of fused-ring (bicyclic) bond motifs is 1. The van der Waals surface area contributed by atoms with Crippen molar-refractivity contribution in [2.45, 2.75) is 71.2 Å². The Balaban J connectivity index is 1.74. The number of hydrogen-bond donors (Lipinski definition) is 1. The van der Waals surface area contributed by atoms with Crippen LogP contribution in [-0.4, -0.2) is 55.5 Å². The smallest absolute Gasteiger partial charge is 0.302 e. The van der Waals surface area contributed by atoms with E-state index in [0.29, 0.717) is 18.9 Å². The Morgan fingerprint density at radius 3 is 2.69 bits per heavy atom. The second-order valence-electron chi connectivity index (χ2n) is 10.8. The van der Waals surface area contributed by atoms with Crippen molar-refractivity contribution >= 4 is 11.8 Å². The van der Waals surface area contributed by atoms with E-state index in [2.05, 4.69) is 6.92 Å². The first kappa shape index (κ1) is 20.0. The Morgan fingerprint density at radius 2 is 2.00 bits per heavy atom. The molecule has 5 aliphatic rings. The van der Waals surface area contributed by atoms with E-state index in [-0.39, 0.29) is 52.5 Å². The molecule has 4 bridgehead atoms. The van der Waals surface area contributed by atoms with Gasteiger partial charge in [-0.15, -0.1) is 0 Å². The van der Waals surface area contributed by atoms with Crippen molar-refractivity contribution in [3.63, 3.8) is 0 Å². The van der Waals surface area contributed by atoms with Crippen LogP contribution < -0.4 is 0 Å². The summed E-state index contributed by atoms with van der Waals surface area (Å²) in [7, 11) is 1.67. The zero-order valence-electron chi connectivity index (χ0n) is 18.0. The van der Waals surface area contributed by atoms with Crippen LogP contribution >= 0.6 is 0 Å². The lowest BCUT2D eigenvalue weighted by Crippen LogP contribution is -2.74. The molecule has 10 atom stereocenters. The third-order valence-corrected chi connectivity index (χ3v) is 9.70. The first-order valence-electron chi connectivity index (χ1n) is 11.2. The number of methoxy groups -OCH3 is 1. The van der Waals surface area contributed by atoms with Crippen LogP contribution in [0.5, 0.6) is 0 Å². The third kappa shape index (κ3) is 2.23. The summed E-state index contributed by atoms with van der Waals surface area (Å²) in [5.74, 6) is -0.572. The number of ketones is 1. The average Bonchev–Trinajstić information content (AvgIpc) is 2.77. The van der Waals surface area contributed by atoms with Crippen molar-refractivity contribution in [1.82, 2.24) is 0 Å². The Bertz CT molecular complexity index is 723. The summed E-state index contributed by atoms with van der Waals surface area (Å²) in [5, 5.41) is 11.6. The van der Waals surface area contributed by atoms with E-state index in [1.54, 1.807) is 7.11 Å². The SMILES string of the molecule is COC1C[C@@H]2[C@@]3(C)CCC[C@@]2(COC3)[C@@H]2[C@@H](OC(C)=O)C[C@@H]3[C@@H](O)C12C(=O)[C@@H]3C. The van der Waals surface area contributed by atoms with Gasteiger partial charge in [0.1, 0.15) is 11.9 Å². The van der Waals surface area contributed by atoms with Crippen LogP contribution in [-0.2, 0) is 23.8 Å². The maximum absolute atomic E-state index is 13.8. The summed E-state index contributed by atoms with van der Waals surface area (Å²) < 4.78 is 18.1. The quantitative estimate of drug-likeness (QED) is 0.709. The molecule has 0 amide bonds. The molecule has 0 radical (unpaired) electrons. The fraction of sp³-hybridized carbons (Fsp3) is 0.913. The summed E-state index contributed by atoms with van der Waals surface area (Å²) >= 11 is 0. The second kappa shape index (κ2) is 6.27. The molecule has 1 spiro atoms. The molecule has 0 aromatic heterocycles. The van der Waals surface area contributed by atoms with Gasteiger partial charge in [-0.05, 0) is 42.9 Å². The van der Waals surface area contributed by atoms with Crippen LogP contribution in [0.15, 0.2) is 0 Å². The van der Waals surface area contributed by atoms with Crippen LogP contribution in [0.25, 0.3) is 0 Å². The highest BCUT2D eigenvalue weighted by molar-refractivity contribution is 5.92. The average molecular weight is 407 g/mol. The fourth-order valence-electron chi connectivity index (χ4n) is 8.83. The summed E-state index contributed by atoms with van der Waals surface area (Å²) in [5.41, 5.74) is -1.23. The van der Waals surface area contributed by atoms with Gasteiger partial charge in [-0.1, -0.05) is 20.3 Å². The van der Waals surface area contributed by atoms with E-state index >= 15 is 0 Å². The van der Waals surface area contributed by atoms with Gasteiger partial charge in [-0.3, -0.25) is 9.59 Å². The molecule has 1 aliphatic heterocycles. The molecule has 1 saturated heterocycles.